The molecule has 0 radical (unpaired) electrons. The summed E-state index contributed by atoms with van der Waals surface area (Å²) in [6, 6.07) is 6.31. The number of fused-ring (bicyclic) bond motifs is 1. The van der Waals surface area contributed by atoms with Gasteiger partial charge in [0.05, 0.1) is 11.1 Å². The van der Waals surface area contributed by atoms with Crippen molar-refractivity contribution in [3.63, 3.8) is 0 Å². The van der Waals surface area contributed by atoms with Gasteiger partial charge in [0, 0.05) is 12.5 Å². The topological polar surface area (TPSA) is 54.5 Å². The van der Waals surface area contributed by atoms with Crippen molar-refractivity contribution in [1.29, 1.82) is 0 Å². The SMILES string of the molecule is C[C@@H](CC=O)N1C(=O)c2ccccc2C1=O. The fraction of sp³-hybridized carbons (Fsp3) is 0.250. The van der Waals surface area contributed by atoms with E-state index in [9.17, 15) is 14.4 Å². The molecule has 4 heteroatoms. The molecule has 0 saturated carbocycles. The normalized spacial score (nSPS) is 16.2. The highest BCUT2D eigenvalue weighted by molar-refractivity contribution is 6.21. The van der Waals surface area contributed by atoms with Crippen LogP contribution in [0.5, 0.6) is 0 Å². The van der Waals surface area contributed by atoms with Crippen LogP contribution in [-0.2, 0) is 4.79 Å². The number of hydrogen-bond donors (Lipinski definition) is 0. The maximum Gasteiger partial charge on any atom is 0.261 e. The fourth-order valence-electron chi connectivity index (χ4n) is 1.85. The second-order valence-corrected chi connectivity index (χ2v) is 3.78. The third-order valence-electron chi connectivity index (χ3n) is 2.70. The minimum Gasteiger partial charge on any atom is -0.303 e. The van der Waals surface area contributed by atoms with E-state index >= 15 is 0 Å². The van der Waals surface area contributed by atoms with Crippen LogP contribution in [0, 0.1) is 0 Å². The Morgan fingerprint density at radius 1 is 1.19 bits per heavy atom. The zero-order valence-corrected chi connectivity index (χ0v) is 8.84. The number of amides is 2. The van der Waals surface area contributed by atoms with Crippen molar-refractivity contribution in [3.8, 4) is 0 Å². The number of rotatable bonds is 3. The van der Waals surface area contributed by atoms with Crippen LogP contribution in [0.15, 0.2) is 24.3 Å². The van der Waals surface area contributed by atoms with Crippen molar-refractivity contribution in [1.82, 2.24) is 4.90 Å². The maximum atomic E-state index is 11.9. The molecular weight excluding hydrogens is 206 g/mol. The van der Waals surface area contributed by atoms with E-state index in [0.717, 1.165) is 4.90 Å². The Kier molecular flexibility index (Phi) is 2.56. The average molecular weight is 217 g/mol. The lowest BCUT2D eigenvalue weighted by atomic mass is 10.1. The highest BCUT2D eigenvalue weighted by Gasteiger charge is 2.37. The molecule has 0 unspecified atom stereocenters. The summed E-state index contributed by atoms with van der Waals surface area (Å²) in [5, 5.41) is 0. The number of carbonyl (C=O) groups is 3. The highest BCUT2D eigenvalue weighted by Crippen LogP contribution is 2.24. The molecule has 0 aliphatic carbocycles. The van der Waals surface area contributed by atoms with Crippen LogP contribution in [-0.4, -0.2) is 29.0 Å². The van der Waals surface area contributed by atoms with E-state index < -0.39 is 0 Å². The van der Waals surface area contributed by atoms with Crippen molar-refractivity contribution in [3.05, 3.63) is 35.4 Å². The third-order valence-corrected chi connectivity index (χ3v) is 2.70. The lowest BCUT2D eigenvalue weighted by molar-refractivity contribution is -0.108. The van der Waals surface area contributed by atoms with Gasteiger partial charge in [-0.05, 0) is 19.1 Å². The molecule has 82 valence electrons. The molecule has 0 N–H and O–H groups in total. The number of aldehydes is 1. The molecule has 1 aromatic rings. The maximum absolute atomic E-state index is 11.9. The minimum absolute atomic E-state index is 0.172. The Morgan fingerprint density at radius 3 is 2.12 bits per heavy atom. The van der Waals surface area contributed by atoms with Crippen LogP contribution in [0.1, 0.15) is 34.1 Å². The zero-order chi connectivity index (χ0) is 11.7. The van der Waals surface area contributed by atoms with Crippen LogP contribution < -0.4 is 0 Å². The Morgan fingerprint density at radius 2 is 1.69 bits per heavy atom. The van der Waals surface area contributed by atoms with Gasteiger partial charge in [-0.3, -0.25) is 14.5 Å². The van der Waals surface area contributed by atoms with Gasteiger partial charge in [-0.25, -0.2) is 0 Å². The van der Waals surface area contributed by atoms with Gasteiger partial charge in [0.25, 0.3) is 11.8 Å². The van der Waals surface area contributed by atoms with Crippen molar-refractivity contribution in [2.45, 2.75) is 19.4 Å². The Hall–Kier alpha value is -1.97. The second-order valence-electron chi connectivity index (χ2n) is 3.78. The number of nitrogens with zero attached hydrogens (tertiary/aromatic N) is 1. The minimum atomic E-state index is -0.384. The monoisotopic (exact) mass is 217 g/mol. The van der Waals surface area contributed by atoms with E-state index in [1.807, 2.05) is 0 Å². The van der Waals surface area contributed by atoms with Crippen LogP contribution in [0.2, 0.25) is 0 Å². The first-order valence-corrected chi connectivity index (χ1v) is 5.07. The lowest BCUT2D eigenvalue weighted by Gasteiger charge is -2.20. The van der Waals surface area contributed by atoms with Gasteiger partial charge in [-0.2, -0.15) is 0 Å². The first-order valence-electron chi connectivity index (χ1n) is 5.07. The molecule has 0 aromatic heterocycles. The van der Waals surface area contributed by atoms with E-state index in [0.29, 0.717) is 17.4 Å². The van der Waals surface area contributed by atoms with Gasteiger partial charge >= 0.3 is 0 Å². The highest BCUT2D eigenvalue weighted by atomic mass is 16.2. The summed E-state index contributed by atoms with van der Waals surface area (Å²) in [5.74, 6) is -0.620. The Labute approximate surface area is 92.9 Å². The summed E-state index contributed by atoms with van der Waals surface area (Å²) < 4.78 is 0. The van der Waals surface area contributed by atoms with Crippen LogP contribution in [0.3, 0.4) is 0 Å². The lowest BCUT2D eigenvalue weighted by Crippen LogP contribution is -2.38. The molecule has 0 saturated heterocycles. The molecule has 2 amide bonds. The molecular formula is C12H11NO3. The molecule has 1 aliphatic rings. The molecule has 16 heavy (non-hydrogen) atoms. The summed E-state index contributed by atoms with van der Waals surface area (Å²) in [6.45, 7) is 1.69. The van der Waals surface area contributed by atoms with Gasteiger partial charge in [-0.1, -0.05) is 12.1 Å². The van der Waals surface area contributed by atoms with Crippen molar-refractivity contribution >= 4 is 18.1 Å². The van der Waals surface area contributed by atoms with Crippen LogP contribution in [0.4, 0.5) is 0 Å². The predicted molar refractivity (Wildman–Crippen MR) is 57.1 cm³/mol. The molecule has 0 bridgehead atoms. The summed E-state index contributed by atoms with van der Waals surface area (Å²) in [5.41, 5.74) is 0.843. The van der Waals surface area contributed by atoms with Crippen molar-refractivity contribution in [2.75, 3.05) is 0 Å². The van der Waals surface area contributed by atoms with Gasteiger partial charge < -0.3 is 4.79 Å². The average Bonchev–Trinajstić information content (AvgIpc) is 2.53. The summed E-state index contributed by atoms with van der Waals surface area (Å²) >= 11 is 0. The van der Waals surface area contributed by atoms with Gasteiger partial charge in [0.1, 0.15) is 6.29 Å². The number of imide groups is 1. The smallest absolute Gasteiger partial charge is 0.261 e. The molecule has 1 heterocycles. The third kappa shape index (κ3) is 1.43. The van der Waals surface area contributed by atoms with E-state index in [-0.39, 0.29) is 24.3 Å². The van der Waals surface area contributed by atoms with Crippen LogP contribution >= 0.6 is 0 Å². The van der Waals surface area contributed by atoms with E-state index in [1.54, 1.807) is 31.2 Å². The Balaban J connectivity index is 2.38. The number of carbonyl (C=O) groups excluding carboxylic acids is 3. The first-order chi connectivity index (χ1) is 7.66. The van der Waals surface area contributed by atoms with E-state index in [4.69, 9.17) is 0 Å². The van der Waals surface area contributed by atoms with E-state index in [1.165, 1.54) is 0 Å². The van der Waals surface area contributed by atoms with Crippen LogP contribution in [0.25, 0.3) is 0 Å². The van der Waals surface area contributed by atoms with Gasteiger partial charge in [-0.15, -0.1) is 0 Å². The molecule has 0 fully saturated rings. The van der Waals surface area contributed by atoms with E-state index in [2.05, 4.69) is 0 Å². The van der Waals surface area contributed by atoms with Gasteiger partial charge in [0.2, 0.25) is 0 Å². The molecule has 0 spiro atoms. The largest absolute Gasteiger partial charge is 0.303 e. The van der Waals surface area contributed by atoms with Crippen molar-refractivity contribution in [2.24, 2.45) is 0 Å². The standard InChI is InChI=1S/C12H11NO3/c1-8(6-7-14)13-11(15)9-4-2-3-5-10(9)12(13)16/h2-5,7-8H,6H2,1H3/t8-/m0/s1. The first kappa shape index (κ1) is 10.5. The molecule has 4 nitrogen and oxygen atoms in total. The van der Waals surface area contributed by atoms with Gasteiger partial charge in [0.15, 0.2) is 0 Å². The number of benzene rings is 1. The fourth-order valence-corrected chi connectivity index (χ4v) is 1.85. The number of hydrogen-bond acceptors (Lipinski definition) is 3. The predicted octanol–water partition coefficient (Wildman–Crippen LogP) is 1.26. The van der Waals surface area contributed by atoms with Crippen molar-refractivity contribution < 1.29 is 14.4 Å². The molecule has 1 atom stereocenters. The quantitative estimate of drug-likeness (QED) is 0.565. The second kappa shape index (κ2) is 3.89. The Bertz CT molecular complexity index is 432. The summed E-state index contributed by atoms with van der Waals surface area (Å²) in [6.07, 6.45) is 0.889. The molecule has 2 rings (SSSR count). The summed E-state index contributed by atoms with van der Waals surface area (Å²) in [4.78, 5) is 35.4. The summed E-state index contributed by atoms with van der Waals surface area (Å²) in [7, 11) is 0. The molecule has 1 aromatic carbocycles. The zero-order valence-electron chi connectivity index (χ0n) is 8.84. The molecule has 1 aliphatic heterocycles.